The van der Waals surface area contributed by atoms with Crippen molar-refractivity contribution in [1.29, 1.82) is 0 Å². The van der Waals surface area contributed by atoms with Gasteiger partial charge in [-0.05, 0) is 40.5 Å². The molecule has 8 heteroatoms. The third kappa shape index (κ3) is 2.67. The minimum atomic E-state index is -4.62. The maximum absolute atomic E-state index is 13.5. The summed E-state index contributed by atoms with van der Waals surface area (Å²) in [6, 6.07) is 3.41. The molecule has 110 valence electrons. The molecule has 0 saturated heterocycles. The van der Waals surface area contributed by atoms with Crippen LogP contribution in [0, 0.1) is 0 Å². The molecule has 2 nitrogen and oxygen atoms in total. The number of benzene rings is 1. The number of nitrogens with one attached hydrogen (secondary N) is 1. The number of aromatic amines is 1. The van der Waals surface area contributed by atoms with Crippen LogP contribution in [0.3, 0.4) is 0 Å². The predicted octanol–water partition coefficient (Wildman–Crippen LogP) is 4.13. The molecule has 0 saturated carbocycles. The topological polar surface area (TPSA) is 41.8 Å². The molecule has 0 radical (unpaired) electrons. The lowest BCUT2D eigenvalue weighted by Crippen LogP contribution is -2.10. The van der Waals surface area contributed by atoms with Crippen LogP contribution in [-0.4, -0.2) is 11.5 Å². The highest BCUT2D eigenvalue weighted by molar-refractivity contribution is 9.09. The van der Waals surface area contributed by atoms with Crippen molar-refractivity contribution in [2.75, 3.05) is 6.54 Å². The van der Waals surface area contributed by atoms with Crippen molar-refractivity contribution in [3.8, 4) is 0 Å². The molecule has 2 aromatic rings. The maximum Gasteiger partial charge on any atom is 0.418 e. The minimum Gasteiger partial charge on any atom is -0.352 e. The average Bonchev–Trinajstić information content (AvgIpc) is 2.67. The number of para-hydroxylation sites is 1. The molecule has 0 unspecified atom stereocenters. The number of H-pyrrole nitrogens is 1. The smallest absolute Gasteiger partial charge is 0.352 e. The van der Waals surface area contributed by atoms with E-state index in [0.717, 1.165) is 6.07 Å². The van der Waals surface area contributed by atoms with Gasteiger partial charge in [-0.2, -0.15) is 22.0 Å². The van der Waals surface area contributed by atoms with E-state index < -0.39 is 22.3 Å². The van der Waals surface area contributed by atoms with Crippen LogP contribution in [0.15, 0.2) is 18.2 Å². The Kier molecular flexibility index (Phi) is 3.81. The number of nitrogens with two attached hydrogens (primary N) is 1. The van der Waals surface area contributed by atoms with Crippen LogP contribution in [0.1, 0.15) is 16.8 Å². The summed E-state index contributed by atoms with van der Waals surface area (Å²) in [5.74, 6) is 0. The van der Waals surface area contributed by atoms with Crippen molar-refractivity contribution < 1.29 is 22.0 Å². The van der Waals surface area contributed by atoms with E-state index in [4.69, 9.17) is 5.73 Å². The summed E-state index contributed by atoms with van der Waals surface area (Å²) in [6.07, 6.45) is -4.57. The molecule has 0 aliphatic carbocycles. The Bertz CT molecular complexity index is 627. The van der Waals surface area contributed by atoms with E-state index in [0.29, 0.717) is 0 Å². The Morgan fingerprint density at radius 2 is 1.80 bits per heavy atom. The Hall–Kier alpha value is -1.15. The first-order chi connectivity index (χ1) is 9.16. The highest BCUT2D eigenvalue weighted by Crippen LogP contribution is 2.42. The molecule has 0 spiro atoms. The molecule has 1 heterocycles. The van der Waals surface area contributed by atoms with Gasteiger partial charge in [0.1, 0.15) is 5.69 Å². The number of aromatic nitrogens is 1. The minimum absolute atomic E-state index is 0.0534. The Labute approximate surface area is 119 Å². The van der Waals surface area contributed by atoms with Gasteiger partial charge < -0.3 is 10.7 Å². The summed E-state index contributed by atoms with van der Waals surface area (Å²) in [5, 5.41) is 0.111. The Morgan fingerprint density at radius 1 is 1.15 bits per heavy atom. The van der Waals surface area contributed by atoms with Gasteiger partial charge in [-0.25, -0.2) is 0 Å². The van der Waals surface area contributed by atoms with E-state index in [2.05, 4.69) is 20.9 Å². The predicted molar refractivity (Wildman–Crippen MR) is 68.9 cm³/mol. The standard InChI is InChI=1S/C12H10BrF5N2/c13-11(14,15)10-7(4-5-19)6-2-1-3-8(9(6)20-10)12(16,17)18/h1-3,20H,4-5,19H2. The van der Waals surface area contributed by atoms with Crippen LogP contribution in [0.5, 0.6) is 0 Å². The third-order valence-corrected chi connectivity index (χ3v) is 3.32. The lowest BCUT2D eigenvalue weighted by atomic mass is 10.0. The van der Waals surface area contributed by atoms with Crippen LogP contribution in [-0.2, 0) is 17.4 Å². The van der Waals surface area contributed by atoms with Crippen molar-refractivity contribution in [2.24, 2.45) is 5.73 Å². The zero-order valence-corrected chi connectivity index (χ0v) is 11.6. The molecule has 0 aliphatic rings. The van der Waals surface area contributed by atoms with Crippen molar-refractivity contribution in [2.45, 2.75) is 17.4 Å². The van der Waals surface area contributed by atoms with Crippen LogP contribution >= 0.6 is 15.9 Å². The fourth-order valence-electron chi connectivity index (χ4n) is 2.16. The molecule has 0 amide bonds. The SMILES string of the molecule is NCCc1c(C(F)(F)Br)[nH]c2c(C(F)(F)F)cccc12. The molecule has 1 aromatic carbocycles. The zero-order valence-electron chi connectivity index (χ0n) is 9.99. The number of hydrogen-bond donors (Lipinski definition) is 2. The van der Waals surface area contributed by atoms with Gasteiger partial charge in [-0.15, -0.1) is 0 Å². The number of rotatable bonds is 3. The van der Waals surface area contributed by atoms with Gasteiger partial charge in [0.2, 0.25) is 0 Å². The number of alkyl halides is 6. The van der Waals surface area contributed by atoms with Crippen LogP contribution in [0.2, 0.25) is 0 Å². The molecule has 20 heavy (non-hydrogen) atoms. The summed E-state index contributed by atoms with van der Waals surface area (Å²) in [7, 11) is 0. The molecule has 0 atom stereocenters. The summed E-state index contributed by atoms with van der Waals surface area (Å²) < 4.78 is 65.6. The molecule has 1 aromatic heterocycles. The highest BCUT2D eigenvalue weighted by Gasteiger charge is 2.37. The van der Waals surface area contributed by atoms with E-state index in [1.807, 2.05) is 0 Å². The molecule has 0 fully saturated rings. The summed E-state index contributed by atoms with van der Waals surface area (Å²) in [6.45, 7) is 0.0548. The molecule has 0 bridgehead atoms. The Morgan fingerprint density at radius 3 is 2.30 bits per heavy atom. The monoisotopic (exact) mass is 356 g/mol. The molecule has 3 N–H and O–H groups in total. The summed E-state index contributed by atoms with van der Waals surface area (Å²) in [4.78, 5) is -1.25. The van der Waals surface area contributed by atoms with Crippen LogP contribution in [0.25, 0.3) is 10.9 Å². The van der Waals surface area contributed by atoms with Gasteiger partial charge >= 0.3 is 11.0 Å². The van der Waals surface area contributed by atoms with E-state index in [1.54, 1.807) is 0 Å². The first kappa shape index (κ1) is 15.2. The third-order valence-electron chi connectivity index (χ3n) is 2.92. The lowest BCUT2D eigenvalue weighted by molar-refractivity contribution is -0.136. The van der Waals surface area contributed by atoms with Gasteiger partial charge in [-0.3, -0.25) is 0 Å². The normalized spacial score (nSPS) is 13.2. The van der Waals surface area contributed by atoms with Crippen molar-refractivity contribution >= 4 is 26.8 Å². The maximum atomic E-state index is 13.5. The van der Waals surface area contributed by atoms with Crippen molar-refractivity contribution in [1.82, 2.24) is 4.98 Å². The first-order valence-electron chi connectivity index (χ1n) is 5.64. The number of fused-ring (bicyclic) bond motifs is 1. The fourth-order valence-corrected chi connectivity index (χ4v) is 2.49. The van der Waals surface area contributed by atoms with Gasteiger partial charge in [0, 0.05) is 5.39 Å². The lowest BCUT2D eigenvalue weighted by Gasteiger charge is -2.09. The molecular weight excluding hydrogens is 347 g/mol. The van der Waals surface area contributed by atoms with E-state index in [-0.39, 0.29) is 29.4 Å². The largest absolute Gasteiger partial charge is 0.418 e. The van der Waals surface area contributed by atoms with Crippen molar-refractivity contribution in [3.05, 3.63) is 35.0 Å². The van der Waals surface area contributed by atoms with Gasteiger partial charge in [0.25, 0.3) is 0 Å². The second-order valence-corrected chi connectivity index (χ2v) is 5.24. The second-order valence-electron chi connectivity index (χ2n) is 4.24. The molecular formula is C12H10BrF5N2. The fraction of sp³-hybridized carbons (Fsp3) is 0.333. The molecule has 0 aliphatic heterocycles. The van der Waals surface area contributed by atoms with Crippen LogP contribution < -0.4 is 5.73 Å². The van der Waals surface area contributed by atoms with Gasteiger partial charge in [-0.1, -0.05) is 12.1 Å². The summed E-state index contributed by atoms with van der Waals surface area (Å²) >= 11 is 2.17. The average molecular weight is 357 g/mol. The number of hydrogen-bond acceptors (Lipinski definition) is 1. The Balaban J connectivity index is 2.80. The van der Waals surface area contributed by atoms with Crippen LogP contribution in [0.4, 0.5) is 22.0 Å². The number of halogens is 6. The van der Waals surface area contributed by atoms with E-state index in [1.165, 1.54) is 12.1 Å². The van der Waals surface area contributed by atoms with Crippen molar-refractivity contribution in [3.63, 3.8) is 0 Å². The molecule has 2 rings (SSSR count). The highest BCUT2D eigenvalue weighted by atomic mass is 79.9. The van der Waals surface area contributed by atoms with Gasteiger partial charge in [0.05, 0.1) is 11.1 Å². The first-order valence-corrected chi connectivity index (χ1v) is 6.43. The van der Waals surface area contributed by atoms with Gasteiger partial charge in [0.15, 0.2) is 0 Å². The quantitative estimate of drug-likeness (QED) is 0.630. The van der Waals surface area contributed by atoms with E-state index >= 15 is 0 Å². The van der Waals surface area contributed by atoms with E-state index in [9.17, 15) is 22.0 Å². The zero-order chi connectivity index (χ0) is 15.1. The summed E-state index contributed by atoms with van der Waals surface area (Å²) in [5.41, 5.74) is 3.53. The second kappa shape index (κ2) is 5.00.